The van der Waals surface area contributed by atoms with E-state index in [0.29, 0.717) is 13.1 Å². The maximum Gasteiger partial charge on any atom is 0.255 e. The Morgan fingerprint density at radius 1 is 0.739 bits per heavy atom. The van der Waals surface area contributed by atoms with Crippen molar-refractivity contribution in [3.8, 4) is 11.5 Å². The number of aryl methyl sites for hydroxylation is 2. The number of halogens is 1. The summed E-state index contributed by atoms with van der Waals surface area (Å²) in [4.78, 5) is 16.7. The van der Waals surface area contributed by atoms with Gasteiger partial charge in [-0.05, 0) is 85.8 Å². The Morgan fingerprint density at radius 3 is 2.02 bits per heavy atom. The van der Waals surface area contributed by atoms with Gasteiger partial charge in [0.05, 0.1) is 25.2 Å². The lowest BCUT2D eigenvalue weighted by molar-refractivity contribution is -0.938. The number of rotatable bonds is 12. The van der Waals surface area contributed by atoms with Crippen molar-refractivity contribution in [2.75, 3.05) is 33.0 Å². The van der Waals surface area contributed by atoms with E-state index in [0.717, 1.165) is 87.7 Å². The molecule has 5 aromatic carbocycles. The molecule has 1 heterocycles. The molecule has 0 spiro atoms. The van der Waals surface area contributed by atoms with Crippen molar-refractivity contribution in [3.05, 3.63) is 119 Å². The van der Waals surface area contributed by atoms with E-state index >= 15 is 0 Å². The Balaban J connectivity index is 0.00000417. The zero-order valence-electron chi connectivity index (χ0n) is 27.5. The Morgan fingerprint density at radius 2 is 1.37 bits per heavy atom. The van der Waals surface area contributed by atoms with Gasteiger partial charge in [-0.15, -0.1) is 0 Å². The van der Waals surface area contributed by atoms with E-state index in [1.807, 2.05) is 41.3 Å². The minimum atomic E-state index is 0. The number of unbranched alkanes of at least 4 members (excludes halogenated alkanes) is 1. The van der Waals surface area contributed by atoms with Crippen LogP contribution >= 0.6 is 0 Å². The standard InChI is InChI=1S/C40H45N2O3.BrH/c1-5-42(6-2,27-32-22-29(3)21-30(4)23-32)20-12-11-19-41(26-31-17-18-37-38(24-31)45-28-44-37)40(43)39-35-15-9-7-13-33(35)25-34-14-8-10-16-36(34)39;/h7-10,13-18,21-25H,5-6,11-12,19-20,26-28H2,1-4H3;1H/q+1;/p-1. The first kappa shape index (κ1) is 33.5. The van der Waals surface area contributed by atoms with Crippen LogP contribution in [0.25, 0.3) is 21.5 Å². The molecule has 0 saturated heterocycles. The Labute approximate surface area is 284 Å². The predicted molar refractivity (Wildman–Crippen MR) is 184 cm³/mol. The second-order valence-electron chi connectivity index (χ2n) is 12.7. The van der Waals surface area contributed by atoms with Gasteiger partial charge in [0.15, 0.2) is 11.5 Å². The van der Waals surface area contributed by atoms with Crippen molar-refractivity contribution in [1.29, 1.82) is 0 Å². The molecule has 0 aliphatic carbocycles. The summed E-state index contributed by atoms with van der Waals surface area (Å²) >= 11 is 0. The smallest absolute Gasteiger partial charge is 0.255 e. The minimum absolute atomic E-state index is 0. The molecule has 6 heteroatoms. The zero-order valence-corrected chi connectivity index (χ0v) is 29.1. The fourth-order valence-electron chi connectivity index (χ4n) is 7.05. The fraction of sp³-hybridized carbons (Fsp3) is 0.325. The van der Waals surface area contributed by atoms with Gasteiger partial charge in [-0.2, -0.15) is 0 Å². The van der Waals surface area contributed by atoms with Gasteiger partial charge in [-0.25, -0.2) is 0 Å². The Hall–Kier alpha value is -3.87. The largest absolute Gasteiger partial charge is 1.00 e. The lowest BCUT2D eigenvalue weighted by Gasteiger charge is -2.37. The van der Waals surface area contributed by atoms with Crippen molar-refractivity contribution in [1.82, 2.24) is 4.90 Å². The molecule has 0 radical (unpaired) electrons. The molecule has 46 heavy (non-hydrogen) atoms. The first-order chi connectivity index (χ1) is 21.9. The van der Waals surface area contributed by atoms with Crippen molar-refractivity contribution in [2.24, 2.45) is 0 Å². The van der Waals surface area contributed by atoms with Crippen LogP contribution in [0.5, 0.6) is 11.5 Å². The predicted octanol–water partition coefficient (Wildman–Crippen LogP) is 5.82. The molecule has 0 unspecified atom stereocenters. The van der Waals surface area contributed by atoms with Crippen LogP contribution in [-0.4, -0.2) is 48.3 Å². The third-order valence-corrected chi connectivity index (χ3v) is 9.53. The minimum Gasteiger partial charge on any atom is -1.00 e. The summed E-state index contributed by atoms with van der Waals surface area (Å²) in [5, 5.41) is 4.17. The number of carbonyl (C=O) groups is 1. The topological polar surface area (TPSA) is 38.8 Å². The molecule has 0 bridgehead atoms. The van der Waals surface area contributed by atoms with E-state index < -0.39 is 0 Å². The summed E-state index contributed by atoms with van der Waals surface area (Å²) < 4.78 is 12.3. The van der Waals surface area contributed by atoms with Gasteiger partial charge in [0, 0.05) is 18.7 Å². The van der Waals surface area contributed by atoms with Crippen LogP contribution in [-0.2, 0) is 13.1 Å². The van der Waals surface area contributed by atoms with Crippen LogP contribution < -0.4 is 26.5 Å². The average Bonchev–Trinajstić information content (AvgIpc) is 3.52. The van der Waals surface area contributed by atoms with Crippen LogP contribution in [0, 0.1) is 13.8 Å². The van der Waals surface area contributed by atoms with E-state index in [9.17, 15) is 4.79 Å². The normalized spacial score (nSPS) is 12.3. The summed E-state index contributed by atoms with van der Waals surface area (Å²) in [6, 6.07) is 31.6. The third-order valence-electron chi connectivity index (χ3n) is 9.53. The highest BCUT2D eigenvalue weighted by Crippen LogP contribution is 2.34. The number of benzene rings is 5. The summed E-state index contributed by atoms with van der Waals surface area (Å²) in [5.74, 6) is 1.58. The van der Waals surface area contributed by atoms with E-state index in [4.69, 9.17) is 9.47 Å². The fourth-order valence-corrected chi connectivity index (χ4v) is 7.05. The number of quaternary nitrogens is 1. The quantitative estimate of drug-likeness (QED) is 0.0947. The first-order valence-corrected chi connectivity index (χ1v) is 16.4. The van der Waals surface area contributed by atoms with Crippen molar-refractivity contribution >= 4 is 27.5 Å². The maximum atomic E-state index is 14.7. The van der Waals surface area contributed by atoms with Gasteiger partial charge in [0.25, 0.3) is 5.91 Å². The van der Waals surface area contributed by atoms with E-state index in [1.165, 1.54) is 16.7 Å². The maximum absolute atomic E-state index is 14.7. The highest BCUT2D eigenvalue weighted by molar-refractivity contribution is 6.18. The number of nitrogens with zero attached hydrogens (tertiary/aromatic N) is 2. The molecule has 0 N–H and O–H groups in total. The second-order valence-corrected chi connectivity index (χ2v) is 12.7. The molecule has 1 aliphatic rings. The molecule has 1 amide bonds. The monoisotopic (exact) mass is 680 g/mol. The van der Waals surface area contributed by atoms with Gasteiger partial charge in [-0.1, -0.05) is 83.9 Å². The Kier molecular flexibility index (Phi) is 10.7. The van der Waals surface area contributed by atoms with Crippen molar-refractivity contribution in [2.45, 2.75) is 53.6 Å². The molecule has 0 saturated carbocycles. The van der Waals surface area contributed by atoms with Crippen molar-refractivity contribution < 1.29 is 35.7 Å². The van der Waals surface area contributed by atoms with Crippen LogP contribution in [0.15, 0.2) is 91.0 Å². The molecule has 0 aromatic heterocycles. The van der Waals surface area contributed by atoms with Gasteiger partial charge in [0.1, 0.15) is 6.54 Å². The molecule has 240 valence electrons. The SMILES string of the molecule is CC[N+](CC)(CCCCN(Cc1ccc2c(c1)OCO2)C(=O)c1c2ccccc2cc2ccccc12)Cc1cc(C)cc(C)c1.[Br-]. The molecule has 5 nitrogen and oxygen atoms in total. The second kappa shape index (κ2) is 14.7. The van der Waals surface area contributed by atoms with Gasteiger partial charge in [0.2, 0.25) is 6.79 Å². The molecule has 0 atom stereocenters. The summed E-state index contributed by atoms with van der Waals surface area (Å²) in [5.41, 5.74) is 5.90. The van der Waals surface area contributed by atoms with Gasteiger partial charge < -0.3 is 35.8 Å². The highest BCUT2D eigenvalue weighted by atomic mass is 79.9. The average molecular weight is 682 g/mol. The number of hydrogen-bond acceptors (Lipinski definition) is 3. The van der Waals surface area contributed by atoms with Crippen LogP contribution in [0.1, 0.15) is 59.3 Å². The molecule has 5 aromatic rings. The molecular formula is C40H45BrN2O3. The Bertz CT molecular complexity index is 1760. The van der Waals surface area contributed by atoms with Crippen LogP contribution in [0.2, 0.25) is 0 Å². The summed E-state index contributed by atoms with van der Waals surface area (Å²) in [6.45, 7) is 14.7. The molecule has 1 aliphatic heterocycles. The lowest BCUT2D eigenvalue weighted by atomic mass is 9.95. The summed E-state index contributed by atoms with van der Waals surface area (Å²) in [6.07, 6.45) is 1.99. The number of carbonyl (C=O) groups excluding carboxylic acids is 1. The number of ether oxygens (including phenoxy) is 2. The highest BCUT2D eigenvalue weighted by Gasteiger charge is 2.26. The van der Waals surface area contributed by atoms with Crippen molar-refractivity contribution in [3.63, 3.8) is 0 Å². The van der Waals surface area contributed by atoms with E-state index in [1.54, 1.807) is 0 Å². The van der Waals surface area contributed by atoms with Crippen LogP contribution in [0.4, 0.5) is 0 Å². The number of fused-ring (bicyclic) bond motifs is 3. The lowest BCUT2D eigenvalue weighted by Crippen LogP contribution is -3.00. The first-order valence-electron chi connectivity index (χ1n) is 16.4. The summed E-state index contributed by atoms with van der Waals surface area (Å²) in [7, 11) is 0. The number of amides is 1. The molecule has 6 rings (SSSR count). The van der Waals surface area contributed by atoms with Gasteiger partial charge in [-0.3, -0.25) is 4.79 Å². The van der Waals surface area contributed by atoms with E-state index in [2.05, 4.69) is 82.3 Å². The van der Waals surface area contributed by atoms with E-state index in [-0.39, 0.29) is 29.7 Å². The zero-order chi connectivity index (χ0) is 31.4. The number of hydrogen-bond donors (Lipinski definition) is 0. The molecular weight excluding hydrogens is 636 g/mol. The van der Waals surface area contributed by atoms with Crippen LogP contribution in [0.3, 0.4) is 0 Å². The third kappa shape index (κ3) is 7.24. The van der Waals surface area contributed by atoms with Gasteiger partial charge >= 0.3 is 0 Å². The molecule has 0 fully saturated rings.